The van der Waals surface area contributed by atoms with Gasteiger partial charge >= 0.3 is 5.97 Å². The normalized spacial score (nSPS) is 11.5. The maximum absolute atomic E-state index is 13.1. The number of rotatable bonds is 6. The van der Waals surface area contributed by atoms with Crippen molar-refractivity contribution in [1.82, 2.24) is 9.78 Å². The number of fused-ring (bicyclic) bond motifs is 1. The molecule has 158 valence electrons. The second-order valence-corrected chi connectivity index (χ2v) is 12.6. The molecule has 3 unspecified atom stereocenters. The molecule has 2 aromatic carbocycles. The second kappa shape index (κ2) is 9.63. The number of hydrogen-bond donors (Lipinski definition) is 0. The monoisotopic (exact) mass is 544 g/mol. The first-order valence-corrected chi connectivity index (χ1v) is 12.5. The third-order valence-corrected chi connectivity index (χ3v) is 6.12. The average molecular weight is 545 g/mol. The van der Waals surface area contributed by atoms with Gasteiger partial charge in [-0.2, -0.15) is 5.10 Å². The highest BCUT2D eigenvalue weighted by molar-refractivity contribution is 9.10. The van der Waals surface area contributed by atoms with Crippen molar-refractivity contribution in [2.75, 3.05) is 12.9 Å². The van der Waals surface area contributed by atoms with Crippen molar-refractivity contribution in [3.63, 3.8) is 0 Å². The number of aromatic nitrogens is 2. The Labute approximate surface area is 193 Å². The minimum absolute atomic E-state index is 0.152. The summed E-state index contributed by atoms with van der Waals surface area (Å²) in [6.45, 7) is 1.84. The lowest BCUT2D eigenvalue weighted by Crippen LogP contribution is -2.24. The maximum atomic E-state index is 13.1. The summed E-state index contributed by atoms with van der Waals surface area (Å²) in [5.41, 5.74) is 0.557. The zero-order chi connectivity index (χ0) is 22.1. The average Bonchev–Trinajstić information content (AvgIpc) is 2.68. The number of carbonyl (C=O) groups excluding carboxylic acids is 1. The summed E-state index contributed by atoms with van der Waals surface area (Å²) in [7, 11) is 7.67. The summed E-state index contributed by atoms with van der Waals surface area (Å²) in [6, 6.07) is 10.9. The summed E-state index contributed by atoms with van der Waals surface area (Å²) in [6.07, 6.45) is 1.88. The van der Waals surface area contributed by atoms with Crippen LogP contribution < -0.4 is 10.2 Å². The van der Waals surface area contributed by atoms with E-state index in [-0.39, 0.29) is 12.3 Å². The Bertz CT molecular complexity index is 1160. The van der Waals surface area contributed by atoms with Gasteiger partial charge in [-0.1, -0.05) is 27.7 Å². The first-order valence-electron chi connectivity index (χ1n) is 8.79. The van der Waals surface area contributed by atoms with Crippen molar-refractivity contribution in [2.24, 2.45) is 0 Å². The van der Waals surface area contributed by atoms with Crippen LogP contribution in [0.1, 0.15) is 17.4 Å². The van der Waals surface area contributed by atoms with E-state index in [1.807, 2.05) is 24.5 Å². The lowest BCUT2D eigenvalue weighted by atomic mass is 10.2. The number of thioether (sulfide) groups is 1. The Morgan fingerprint density at radius 1 is 1.20 bits per heavy atom. The molecule has 6 nitrogen and oxygen atoms in total. The van der Waals surface area contributed by atoms with Gasteiger partial charge in [-0.15, -0.1) is 11.8 Å². The van der Waals surface area contributed by atoms with Gasteiger partial charge in [0.1, 0.15) is 10.6 Å². The number of benzene rings is 2. The van der Waals surface area contributed by atoms with Crippen LogP contribution in [0.3, 0.4) is 0 Å². The molecule has 0 fully saturated rings. The van der Waals surface area contributed by atoms with Crippen LogP contribution in [-0.4, -0.2) is 33.4 Å². The molecule has 0 saturated heterocycles. The van der Waals surface area contributed by atoms with E-state index in [4.69, 9.17) is 9.47 Å². The molecule has 0 amide bonds. The topological polar surface area (TPSA) is 70.4 Å². The van der Waals surface area contributed by atoms with E-state index >= 15 is 0 Å². The molecule has 11 heteroatoms. The van der Waals surface area contributed by atoms with Crippen molar-refractivity contribution in [2.45, 2.75) is 16.6 Å². The van der Waals surface area contributed by atoms with E-state index in [1.54, 1.807) is 29.8 Å². The molecule has 0 bridgehead atoms. The number of hydrogen-bond acceptors (Lipinski definition) is 6. The first-order chi connectivity index (χ1) is 14.2. The molecule has 3 aromatic rings. The summed E-state index contributed by atoms with van der Waals surface area (Å²) in [5.74, 6) is -0.0915. The van der Waals surface area contributed by atoms with E-state index in [0.29, 0.717) is 22.3 Å². The minimum Gasteiger partial charge on any atom is -0.476 e. The molecule has 30 heavy (non-hydrogen) atoms. The van der Waals surface area contributed by atoms with E-state index in [1.165, 1.54) is 11.8 Å². The van der Waals surface area contributed by atoms with Crippen molar-refractivity contribution in [1.29, 1.82) is 0 Å². The standard InChI is InChI=1S/C19H20BrN2O4P3S/c1-3-25-18(24)15-16(23)14-13(9-8-12(20)17(14)30-2)22(21-15)10-4-6-11(7-5-10)26-19(27,28)29/h4-9H,3,27-29H2,1-2H3. The van der Waals surface area contributed by atoms with Crippen molar-refractivity contribution in [3.8, 4) is 11.4 Å². The van der Waals surface area contributed by atoms with Gasteiger partial charge in [0.25, 0.3) is 0 Å². The summed E-state index contributed by atoms with van der Waals surface area (Å²) in [4.78, 5) is 25.7. The fourth-order valence-electron chi connectivity index (χ4n) is 2.85. The number of ether oxygens (including phenoxy) is 2. The summed E-state index contributed by atoms with van der Waals surface area (Å²) >= 11 is 4.91. The second-order valence-electron chi connectivity index (χ2n) is 6.23. The van der Waals surface area contributed by atoms with E-state index in [2.05, 4.69) is 48.7 Å². The van der Waals surface area contributed by atoms with Crippen LogP contribution >= 0.6 is 55.4 Å². The van der Waals surface area contributed by atoms with Crippen LogP contribution in [0.15, 0.2) is 50.6 Å². The molecule has 1 aromatic heterocycles. The molecule has 3 rings (SSSR count). The zero-order valence-electron chi connectivity index (χ0n) is 16.2. The van der Waals surface area contributed by atoms with Crippen LogP contribution in [0, 0.1) is 0 Å². The summed E-state index contributed by atoms with van der Waals surface area (Å²) < 4.78 is 13.2. The van der Waals surface area contributed by atoms with Crippen LogP contribution in [0.25, 0.3) is 16.6 Å². The summed E-state index contributed by atoms with van der Waals surface area (Å²) in [5, 5.41) is 4.76. The number of esters is 1. The van der Waals surface area contributed by atoms with Gasteiger partial charge < -0.3 is 9.47 Å². The molecule has 0 aliphatic heterocycles. The lowest BCUT2D eigenvalue weighted by molar-refractivity contribution is 0.0516. The van der Waals surface area contributed by atoms with Gasteiger partial charge in [0.2, 0.25) is 11.1 Å². The molecule has 0 N–H and O–H groups in total. The van der Waals surface area contributed by atoms with Gasteiger partial charge in [0, 0.05) is 9.37 Å². The Morgan fingerprint density at radius 2 is 1.87 bits per heavy atom. The molecule has 0 radical (unpaired) electrons. The number of carbonyl (C=O) groups is 1. The molecular formula is C19H20BrN2O4P3S. The number of nitrogens with zero attached hydrogens (tertiary/aromatic N) is 2. The van der Waals surface area contributed by atoms with Crippen LogP contribution in [-0.2, 0) is 4.74 Å². The molecule has 0 aliphatic carbocycles. The molecule has 0 saturated carbocycles. The minimum atomic E-state index is -0.746. The van der Waals surface area contributed by atoms with Crippen LogP contribution in [0.4, 0.5) is 0 Å². The maximum Gasteiger partial charge on any atom is 0.362 e. The third kappa shape index (κ3) is 5.06. The van der Waals surface area contributed by atoms with Gasteiger partial charge in [-0.25, -0.2) is 9.48 Å². The Balaban J connectivity index is 2.27. The van der Waals surface area contributed by atoms with Gasteiger partial charge in [0.05, 0.1) is 23.2 Å². The van der Waals surface area contributed by atoms with Gasteiger partial charge in [-0.05, 0) is 65.5 Å². The largest absolute Gasteiger partial charge is 0.476 e. The lowest BCUT2D eigenvalue weighted by Gasteiger charge is -2.21. The van der Waals surface area contributed by atoms with Crippen molar-refractivity contribution in [3.05, 3.63) is 56.8 Å². The SMILES string of the molecule is CCOC(=O)c1nn(-c2ccc(OC(P)(P)P)cc2)c2ccc(Br)c(SC)c2c1=O. The third-order valence-electron chi connectivity index (χ3n) is 4.01. The fourth-order valence-corrected chi connectivity index (χ4v) is 4.74. The Kier molecular flexibility index (Phi) is 7.58. The van der Waals surface area contributed by atoms with Gasteiger partial charge in [-0.3, -0.25) is 4.79 Å². The van der Waals surface area contributed by atoms with E-state index in [0.717, 1.165) is 9.37 Å². The van der Waals surface area contributed by atoms with Crippen molar-refractivity contribution >= 4 is 72.3 Å². The highest BCUT2D eigenvalue weighted by Gasteiger charge is 2.22. The van der Waals surface area contributed by atoms with Crippen LogP contribution in [0.5, 0.6) is 5.75 Å². The molecule has 0 aliphatic rings. The highest BCUT2D eigenvalue weighted by Crippen LogP contribution is 2.37. The Hall–Kier alpha value is -1.03. The smallest absolute Gasteiger partial charge is 0.362 e. The van der Waals surface area contributed by atoms with Gasteiger partial charge in [0.15, 0.2) is 0 Å². The molecule has 1 heterocycles. The highest BCUT2D eigenvalue weighted by atomic mass is 79.9. The molecule has 0 spiro atoms. The van der Waals surface area contributed by atoms with E-state index < -0.39 is 16.2 Å². The fraction of sp³-hybridized carbons (Fsp3) is 0.211. The molecule has 3 atom stereocenters. The first kappa shape index (κ1) is 23.6. The van der Waals surface area contributed by atoms with E-state index in [9.17, 15) is 9.59 Å². The zero-order valence-corrected chi connectivity index (χ0v) is 22.1. The molecular weight excluding hydrogens is 525 g/mol. The van der Waals surface area contributed by atoms with Crippen molar-refractivity contribution < 1.29 is 14.3 Å². The predicted molar refractivity (Wildman–Crippen MR) is 135 cm³/mol. The van der Waals surface area contributed by atoms with Crippen LogP contribution in [0.2, 0.25) is 0 Å². The quantitative estimate of drug-likeness (QED) is 0.255. The number of halogens is 1. The Morgan fingerprint density at radius 3 is 2.43 bits per heavy atom. The predicted octanol–water partition coefficient (Wildman–Crippen LogP) is 4.66.